The molecular weight excluding hydrogens is 333 g/mol. The van der Waals surface area contributed by atoms with Gasteiger partial charge in [-0.2, -0.15) is 20.1 Å². The maximum absolute atomic E-state index is 13.7. The Bertz CT molecular complexity index is 749. The summed E-state index contributed by atoms with van der Waals surface area (Å²) in [4.78, 5) is 18.0. The minimum Gasteiger partial charge on any atom is -0.341 e. The number of hydrogen-bond donors (Lipinski definition) is 1. The molecule has 3 heterocycles. The summed E-state index contributed by atoms with van der Waals surface area (Å²) >= 11 is 0. The standard InChI is InChI=1S/C18H22FN7/c19-15-8-2-1-7-14(15)13-20-24-16-21-17(25-9-3-4-10-25)23-18(22-16)26-11-5-6-12-26/h1-2,7-8,13H,3-6,9-12H2,(H,21,22,23,24)/b20-13-. The maximum Gasteiger partial charge on any atom is 0.250 e. The molecule has 0 unspecified atom stereocenters. The molecule has 1 N–H and O–H groups in total. The highest BCUT2D eigenvalue weighted by molar-refractivity contribution is 5.80. The molecule has 0 bridgehead atoms. The Morgan fingerprint density at radius 2 is 1.46 bits per heavy atom. The van der Waals surface area contributed by atoms with Gasteiger partial charge in [0, 0.05) is 31.7 Å². The van der Waals surface area contributed by atoms with E-state index in [-0.39, 0.29) is 5.82 Å². The molecule has 2 aliphatic heterocycles. The van der Waals surface area contributed by atoms with Gasteiger partial charge in [0.05, 0.1) is 6.21 Å². The van der Waals surface area contributed by atoms with E-state index in [9.17, 15) is 4.39 Å². The molecule has 0 spiro atoms. The monoisotopic (exact) mass is 355 g/mol. The van der Waals surface area contributed by atoms with Crippen LogP contribution in [0.25, 0.3) is 0 Å². The second-order valence-electron chi connectivity index (χ2n) is 6.54. The Hall–Kier alpha value is -2.77. The lowest BCUT2D eigenvalue weighted by Crippen LogP contribution is -2.25. The molecule has 0 saturated carbocycles. The summed E-state index contributed by atoms with van der Waals surface area (Å²) in [5.74, 6) is 1.44. The molecule has 1 aromatic heterocycles. The van der Waals surface area contributed by atoms with Crippen molar-refractivity contribution in [1.29, 1.82) is 0 Å². The largest absolute Gasteiger partial charge is 0.341 e. The van der Waals surface area contributed by atoms with Crippen LogP contribution in [0.3, 0.4) is 0 Å². The fourth-order valence-electron chi connectivity index (χ4n) is 3.26. The molecule has 1 aromatic carbocycles. The number of rotatable bonds is 5. The topological polar surface area (TPSA) is 69.5 Å². The van der Waals surface area contributed by atoms with Gasteiger partial charge in [-0.15, -0.1) is 0 Å². The molecule has 2 saturated heterocycles. The fourth-order valence-corrected chi connectivity index (χ4v) is 3.26. The molecule has 0 aliphatic carbocycles. The molecule has 8 heteroatoms. The lowest BCUT2D eigenvalue weighted by molar-refractivity contribution is 0.626. The van der Waals surface area contributed by atoms with Gasteiger partial charge >= 0.3 is 0 Å². The van der Waals surface area contributed by atoms with Crippen molar-refractivity contribution in [2.45, 2.75) is 25.7 Å². The summed E-state index contributed by atoms with van der Waals surface area (Å²) in [7, 11) is 0. The highest BCUT2D eigenvalue weighted by Crippen LogP contribution is 2.22. The average molecular weight is 355 g/mol. The van der Waals surface area contributed by atoms with Crippen molar-refractivity contribution in [2.75, 3.05) is 41.4 Å². The van der Waals surface area contributed by atoms with Crippen LogP contribution in [-0.4, -0.2) is 47.3 Å². The molecule has 0 radical (unpaired) electrons. The summed E-state index contributed by atoms with van der Waals surface area (Å²) in [6.07, 6.45) is 6.04. The molecule has 4 rings (SSSR count). The van der Waals surface area contributed by atoms with Gasteiger partial charge in [0.15, 0.2) is 0 Å². The van der Waals surface area contributed by atoms with Gasteiger partial charge in [-0.25, -0.2) is 9.82 Å². The fraction of sp³-hybridized carbons (Fsp3) is 0.444. The van der Waals surface area contributed by atoms with E-state index >= 15 is 0 Å². The maximum atomic E-state index is 13.7. The zero-order valence-electron chi connectivity index (χ0n) is 14.6. The van der Waals surface area contributed by atoms with Crippen molar-refractivity contribution >= 4 is 24.1 Å². The summed E-state index contributed by atoms with van der Waals surface area (Å²) in [6.45, 7) is 3.84. The summed E-state index contributed by atoms with van der Waals surface area (Å²) in [5, 5.41) is 4.10. The second kappa shape index (κ2) is 7.63. The Morgan fingerprint density at radius 3 is 2.04 bits per heavy atom. The van der Waals surface area contributed by atoms with Crippen molar-refractivity contribution < 1.29 is 4.39 Å². The van der Waals surface area contributed by atoms with Crippen LogP contribution >= 0.6 is 0 Å². The van der Waals surface area contributed by atoms with Crippen LogP contribution in [0.5, 0.6) is 0 Å². The number of benzene rings is 1. The first kappa shape index (κ1) is 16.7. The predicted octanol–water partition coefficient (Wildman–Crippen LogP) is 2.66. The van der Waals surface area contributed by atoms with Crippen LogP contribution in [0.15, 0.2) is 29.4 Å². The first-order chi connectivity index (χ1) is 12.8. The minimum absolute atomic E-state index is 0.316. The van der Waals surface area contributed by atoms with E-state index in [1.165, 1.54) is 12.3 Å². The number of aromatic nitrogens is 3. The lowest BCUT2D eigenvalue weighted by Gasteiger charge is -2.20. The van der Waals surface area contributed by atoms with Crippen LogP contribution in [0.1, 0.15) is 31.2 Å². The number of halogens is 1. The van der Waals surface area contributed by atoms with Gasteiger partial charge in [0.1, 0.15) is 5.82 Å². The van der Waals surface area contributed by atoms with Gasteiger partial charge in [-0.1, -0.05) is 18.2 Å². The number of hydrazone groups is 1. The van der Waals surface area contributed by atoms with E-state index in [2.05, 4.69) is 35.3 Å². The lowest BCUT2D eigenvalue weighted by atomic mass is 10.2. The molecule has 136 valence electrons. The Kier molecular flexibility index (Phi) is 4.90. The zero-order chi connectivity index (χ0) is 17.8. The van der Waals surface area contributed by atoms with Crippen LogP contribution in [-0.2, 0) is 0 Å². The van der Waals surface area contributed by atoms with Gasteiger partial charge in [0.2, 0.25) is 17.8 Å². The average Bonchev–Trinajstić information content (AvgIpc) is 3.37. The Morgan fingerprint density at radius 1 is 0.885 bits per heavy atom. The third-order valence-corrected chi connectivity index (χ3v) is 4.66. The van der Waals surface area contributed by atoms with Crippen molar-refractivity contribution in [1.82, 2.24) is 15.0 Å². The van der Waals surface area contributed by atoms with Crippen LogP contribution in [0.4, 0.5) is 22.2 Å². The molecule has 7 nitrogen and oxygen atoms in total. The van der Waals surface area contributed by atoms with Crippen LogP contribution in [0, 0.1) is 5.82 Å². The Balaban J connectivity index is 1.56. The number of nitrogens with zero attached hydrogens (tertiary/aromatic N) is 6. The second-order valence-corrected chi connectivity index (χ2v) is 6.54. The van der Waals surface area contributed by atoms with E-state index in [1.807, 2.05) is 0 Å². The first-order valence-electron chi connectivity index (χ1n) is 9.09. The van der Waals surface area contributed by atoms with Gasteiger partial charge < -0.3 is 9.80 Å². The predicted molar refractivity (Wildman–Crippen MR) is 100 cm³/mol. The van der Waals surface area contributed by atoms with E-state index in [1.54, 1.807) is 18.2 Å². The SMILES string of the molecule is Fc1ccccc1/C=N\Nc1nc(N2CCCC2)nc(N2CCCC2)n1. The van der Waals surface area contributed by atoms with E-state index in [4.69, 9.17) is 0 Å². The third kappa shape index (κ3) is 3.74. The van der Waals surface area contributed by atoms with E-state index < -0.39 is 0 Å². The van der Waals surface area contributed by atoms with Gasteiger partial charge in [0.25, 0.3) is 0 Å². The molecule has 2 fully saturated rings. The quantitative estimate of drug-likeness (QED) is 0.657. The third-order valence-electron chi connectivity index (χ3n) is 4.66. The van der Waals surface area contributed by atoms with Gasteiger partial charge in [-0.05, 0) is 31.7 Å². The van der Waals surface area contributed by atoms with Crippen molar-refractivity contribution in [3.05, 3.63) is 35.6 Å². The van der Waals surface area contributed by atoms with E-state index in [0.29, 0.717) is 23.4 Å². The van der Waals surface area contributed by atoms with Crippen molar-refractivity contribution in [3.63, 3.8) is 0 Å². The molecule has 2 aromatic rings. The first-order valence-corrected chi connectivity index (χ1v) is 9.09. The van der Waals surface area contributed by atoms with Crippen molar-refractivity contribution in [2.24, 2.45) is 5.10 Å². The number of nitrogens with one attached hydrogen (secondary N) is 1. The zero-order valence-corrected chi connectivity index (χ0v) is 14.6. The minimum atomic E-state index is -0.316. The molecule has 0 atom stereocenters. The van der Waals surface area contributed by atoms with Crippen LogP contribution in [0.2, 0.25) is 0 Å². The number of anilines is 3. The normalized spacial score (nSPS) is 17.4. The van der Waals surface area contributed by atoms with Crippen molar-refractivity contribution in [3.8, 4) is 0 Å². The molecular formula is C18H22FN7. The Labute approximate surface area is 152 Å². The molecule has 26 heavy (non-hydrogen) atoms. The summed E-state index contributed by atoms with van der Waals surface area (Å²) < 4.78 is 13.7. The summed E-state index contributed by atoms with van der Waals surface area (Å²) in [5.41, 5.74) is 3.25. The number of hydrogen-bond acceptors (Lipinski definition) is 7. The summed E-state index contributed by atoms with van der Waals surface area (Å²) in [6, 6.07) is 6.49. The molecule has 2 aliphatic rings. The molecule has 0 amide bonds. The van der Waals surface area contributed by atoms with Gasteiger partial charge in [-0.3, -0.25) is 0 Å². The highest BCUT2D eigenvalue weighted by Gasteiger charge is 2.21. The highest BCUT2D eigenvalue weighted by atomic mass is 19.1. The van der Waals surface area contributed by atoms with E-state index in [0.717, 1.165) is 51.9 Å². The smallest absolute Gasteiger partial charge is 0.250 e. The van der Waals surface area contributed by atoms with Crippen LogP contribution < -0.4 is 15.2 Å².